The third-order valence-corrected chi connectivity index (χ3v) is 13.2. The normalized spacial score (nSPS) is 25.9. The number of likely N-dealkylation sites (tertiary alicyclic amines) is 1. The number of allylic oxidation sites excluding steroid dienone is 1. The zero-order chi connectivity index (χ0) is 30.0. The average Bonchev–Trinajstić information content (AvgIpc) is 3.44. The minimum absolute atomic E-state index is 0.00580. The van der Waals surface area contributed by atoms with Crippen LogP contribution in [0.3, 0.4) is 0 Å². The van der Waals surface area contributed by atoms with E-state index >= 15 is 0 Å². The van der Waals surface area contributed by atoms with Gasteiger partial charge in [-0.2, -0.15) is 0 Å². The number of amides is 2. The maximum absolute atomic E-state index is 13.5. The molecule has 2 amide bonds. The zero-order valence-corrected chi connectivity index (χ0v) is 26.3. The number of carbonyl (C=O) groups is 3. The Morgan fingerprint density at radius 1 is 1.15 bits per heavy atom. The van der Waals surface area contributed by atoms with Crippen LogP contribution < -0.4 is 0 Å². The van der Waals surface area contributed by atoms with Crippen molar-refractivity contribution in [1.82, 2.24) is 9.80 Å². The van der Waals surface area contributed by atoms with Gasteiger partial charge in [0.25, 0.3) is 0 Å². The number of hydrogen-bond acceptors (Lipinski definition) is 7. The van der Waals surface area contributed by atoms with E-state index in [9.17, 15) is 14.4 Å². The number of rotatable bonds is 11. The van der Waals surface area contributed by atoms with Crippen LogP contribution >= 0.6 is 0 Å². The van der Waals surface area contributed by atoms with Crippen LogP contribution in [0, 0.1) is 5.92 Å². The summed E-state index contributed by atoms with van der Waals surface area (Å²) >= 11 is 0. The molecule has 3 rings (SSSR count). The smallest absolute Gasteiger partial charge is 0.410 e. The van der Waals surface area contributed by atoms with Crippen LogP contribution in [0.25, 0.3) is 0 Å². The number of fused-ring (bicyclic) bond motifs is 1. The van der Waals surface area contributed by atoms with Crippen LogP contribution in [-0.4, -0.2) is 87.2 Å². The Balaban J connectivity index is 1.91. The standard InChI is InChI=1S/C30H46N2O7Si/c1-11-13-37-28(34)26-23(19(3)15-21-16-22(36-8)18-31(21)29(35)38-14-12-2)17-24-25(27(33)32(24)26)20(4)39-40(9,10)30(5,6)7/h11-12,15,20-22,24-25H,1-2,13-14,16-18H2,3-10H3/t20-,21-,22+,24-,25-/m1/s1. The minimum Gasteiger partial charge on any atom is -0.457 e. The molecule has 0 spiro atoms. The second kappa shape index (κ2) is 12.4. The van der Waals surface area contributed by atoms with Crippen molar-refractivity contribution in [2.24, 2.45) is 5.92 Å². The molecule has 9 nitrogen and oxygen atoms in total. The van der Waals surface area contributed by atoms with Crippen molar-refractivity contribution in [3.8, 4) is 0 Å². The number of methoxy groups -OCH3 is 1. The van der Waals surface area contributed by atoms with Gasteiger partial charge >= 0.3 is 12.1 Å². The second-order valence-corrected chi connectivity index (χ2v) is 17.1. The van der Waals surface area contributed by atoms with E-state index in [4.69, 9.17) is 18.6 Å². The van der Waals surface area contributed by atoms with Crippen molar-refractivity contribution < 1.29 is 33.0 Å². The van der Waals surface area contributed by atoms with E-state index in [0.717, 1.165) is 11.1 Å². The lowest BCUT2D eigenvalue weighted by Gasteiger charge is -2.48. The Morgan fingerprint density at radius 3 is 2.35 bits per heavy atom. The summed E-state index contributed by atoms with van der Waals surface area (Å²) in [5.41, 5.74) is 1.82. The fourth-order valence-corrected chi connectivity index (χ4v) is 6.91. The summed E-state index contributed by atoms with van der Waals surface area (Å²) in [6.45, 7) is 22.5. The molecular weight excluding hydrogens is 528 g/mol. The fourth-order valence-electron chi connectivity index (χ4n) is 5.48. The average molecular weight is 575 g/mol. The Hall–Kier alpha value is -2.69. The van der Waals surface area contributed by atoms with Gasteiger partial charge in [-0.25, -0.2) is 9.59 Å². The van der Waals surface area contributed by atoms with Crippen molar-refractivity contribution in [1.29, 1.82) is 0 Å². The Bertz CT molecular complexity index is 1090. The first kappa shape index (κ1) is 31.8. The molecule has 40 heavy (non-hydrogen) atoms. The van der Waals surface area contributed by atoms with Gasteiger partial charge in [-0.3, -0.25) is 9.69 Å². The molecule has 2 fully saturated rings. The first-order chi connectivity index (χ1) is 18.7. The van der Waals surface area contributed by atoms with Gasteiger partial charge in [0.1, 0.15) is 18.9 Å². The molecule has 3 heterocycles. The highest BCUT2D eigenvalue weighted by molar-refractivity contribution is 6.74. The van der Waals surface area contributed by atoms with Gasteiger partial charge < -0.3 is 23.5 Å². The zero-order valence-electron chi connectivity index (χ0n) is 25.3. The van der Waals surface area contributed by atoms with Crippen LogP contribution in [-0.2, 0) is 28.2 Å². The first-order valence-electron chi connectivity index (χ1n) is 14.0. The fraction of sp³-hybridized carbons (Fsp3) is 0.633. The van der Waals surface area contributed by atoms with Gasteiger partial charge in [0.2, 0.25) is 5.91 Å². The van der Waals surface area contributed by atoms with Gasteiger partial charge in [-0.05, 0) is 56.0 Å². The molecule has 0 unspecified atom stereocenters. The van der Waals surface area contributed by atoms with Crippen molar-refractivity contribution >= 4 is 26.3 Å². The van der Waals surface area contributed by atoms with Crippen molar-refractivity contribution in [2.75, 3.05) is 26.9 Å². The largest absolute Gasteiger partial charge is 0.457 e. The number of β-lactam (4-membered cyclic amide) rings is 1. The molecule has 0 aromatic rings. The highest BCUT2D eigenvalue weighted by Crippen LogP contribution is 2.48. The van der Waals surface area contributed by atoms with E-state index in [1.807, 2.05) is 19.9 Å². The van der Waals surface area contributed by atoms with Gasteiger partial charge in [-0.15, -0.1) is 0 Å². The van der Waals surface area contributed by atoms with E-state index < -0.39 is 20.4 Å². The molecule has 0 N–H and O–H groups in total. The quantitative estimate of drug-likeness (QED) is 0.149. The van der Waals surface area contributed by atoms with Crippen LogP contribution in [0.2, 0.25) is 18.1 Å². The summed E-state index contributed by atoms with van der Waals surface area (Å²) in [5, 5.41) is 0.00580. The van der Waals surface area contributed by atoms with Crippen molar-refractivity contribution in [2.45, 2.75) is 89.9 Å². The van der Waals surface area contributed by atoms with E-state index in [1.54, 1.807) is 16.9 Å². The number of carbonyl (C=O) groups excluding carboxylic acids is 3. The minimum atomic E-state index is -2.11. The van der Waals surface area contributed by atoms with Crippen LogP contribution in [0.5, 0.6) is 0 Å². The predicted molar refractivity (Wildman–Crippen MR) is 156 cm³/mol. The molecule has 0 bridgehead atoms. The van der Waals surface area contributed by atoms with Crippen LogP contribution in [0.15, 0.2) is 48.2 Å². The molecule has 5 atom stereocenters. The number of hydrogen-bond donors (Lipinski definition) is 0. The topological polar surface area (TPSA) is 94.6 Å². The van der Waals surface area contributed by atoms with E-state index in [-0.39, 0.29) is 60.1 Å². The summed E-state index contributed by atoms with van der Waals surface area (Å²) in [5.74, 6) is -1.03. The van der Waals surface area contributed by atoms with Gasteiger partial charge in [0.15, 0.2) is 8.32 Å². The van der Waals surface area contributed by atoms with Crippen LogP contribution in [0.4, 0.5) is 4.79 Å². The molecule has 0 aromatic carbocycles. The Kier molecular flexibility index (Phi) is 9.90. The third-order valence-electron chi connectivity index (χ3n) is 8.64. The number of ether oxygens (including phenoxy) is 3. The van der Waals surface area contributed by atoms with Gasteiger partial charge in [-0.1, -0.05) is 52.2 Å². The highest BCUT2D eigenvalue weighted by Gasteiger charge is 2.58. The molecule has 3 aliphatic rings. The van der Waals surface area contributed by atoms with E-state index in [0.29, 0.717) is 19.4 Å². The lowest BCUT2D eigenvalue weighted by atomic mass is 9.82. The monoisotopic (exact) mass is 574 g/mol. The van der Waals surface area contributed by atoms with Gasteiger partial charge in [0.05, 0.1) is 36.8 Å². The maximum Gasteiger partial charge on any atom is 0.410 e. The Labute approximate surface area is 240 Å². The van der Waals surface area contributed by atoms with E-state index in [1.165, 1.54) is 12.2 Å². The molecule has 10 heteroatoms. The van der Waals surface area contributed by atoms with Crippen molar-refractivity contribution in [3.63, 3.8) is 0 Å². The van der Waals surface area contributed by atoms with Gasteiger partial charge in [0, 0.05) is 7.11 Å². The lowest BCUT2D eigenvalue weighted by molar-refractivity contribution is -0.161. The molecular formula is C30H46N2O7Si. The van der Waals surface area contributed by atoms with E-state index in [2.05, 4.69) is 47.0 Å². The molecule has 0 aliphatic carbocycles. The molecule has 222 valence electrons. The molecule has 0 radical (unpaired) electrons. The number of esters is 1. The molecule has 3 aliphatic heterocycles. The number of nitrogens with zero attached hydrogens (tertiary/aromatic N) is 2. The molecule has 2 saturated heterocycles. The molecule has 0 saturated carbocycles. The third kappa shape index (κ3) is 6.29. The first-order valence-corrected chi connectivity index (χ1v) is 16.9. The highest BCUT2D eigenvalue weighted by atomic mass is 28.4. The summed E-state index contributed by atoms with van der Waals surface area (Å²) in [7, 11) is -0.492. The summed E-state index contributed by atoms with van der Waals surface area (Å²) in [6, 6.07) is -0.485. The Morgan fingerprint density at radius 2 is 1.77 bits per heavy atom. The molecule has 0 aromatic heterocycles. The summed E-state index contributed by atoms with van der Waals surface area (Å²) in [6.07, 6.45) is 5.21. The summed E-state index contributed by atoms with van der Waals surface area (Å²) < 4.78 is 22.8. The van der Waals surface area contributed by atoms with Crippen molar-refractivity contribution in [3.05, 3.63) is 48.2 Å². The summed E-state index contributed by atoms with van der Waals surface area (Å²) in [4.78, 5) is 42.7. The SMILES string of the molecule is C=CCOC(=O)C1=C(C(C)=C[C@@H]2C[C@H](OC)CN2C(=O)OCC=C)C[C@@H]2[C@@H]([C@@H](C)O[Si](C)(C)C(C)(C)C)C(=O)N12. The maximum atomic E-state index is 13.5. The second-order valence-electron chi connectivity index (χ2n) is 12.3. The van der Waals surface area contributed by atoms with Crippen LogP contribution in [0.1, 0.15) is 47.5 Å². The predicted octanol–water partition coefficient (Wildman–Crippen LogP) is 4.97. The lowest BCUT2D eigenvalue weighted by Crippen LogP contribution is -2.63.